The molecular weight excluding hydrogens is 673 g/mol. The molecule has 54 heavy (non-hydrogen) atoms. The van der Waals surface area contributed by atoms with Gasteiger partial charge in [0.05, 0.1) is 5.70 Å². The smallest absolute Gasteiger partial charge is 0.160 e. The predicted molar refractivity (Wildman–Crippen MR) is 232 cm³/mol. The lowest BCUT2D eigenvalue weighted by Crippen LogP contribution is -2.04. The third-order valence-electron chi connectivity index (χ3n) is 10.8. The zero-order valence-electron chi connectivity index (χ0n) is 30.4. The third-order valence-corrected chi connectivity index (χ3v) is 12.0. The van der Waals surface area contributed by atoms with E-state index in [4.69, 9.17) is 9.98 Å². The summed E-state index contributed by atoms with van der Waals surface area (Å²) in [4.78, 5) is 10.1. The molecule has 260 valence electrons. The second kappa shape index (κ2) is 14.7. The molecule has 0 fully saturated rings. The van der Waals surface area contributed by atoms with Crippen molar-refractivity contribution in [1.29, 1.82) is 0 Å². The average Bonchev–Trinajstić information content (AvgIpc) is 3.53. The van der Waals surface area contributed by atoms with Crippen LogP contribution in [0.4, 0.5) is 0 Å². The molecule has 1 atom stereocenters. The molecule has 0 bridgehead atoms. The molecule has 8 aromatic rings. The van der Waals surface area contributed by atoms with E-state index in [0.29, 0.717) is 17.5 Å². The Bertz CT molecular complexity index is 2700. The van der Waals surface area contributed by atoms with E-state index < -0.39 is 0 Å². The van der Waals surface area contributed by atoms with Gasteiger partial charge in [-0.3, -0.25) is 0 Å². The van der Waals surface area contributed by atoms with Gasteiger partial charge in [-0.15, -0.1) is 11.3 Å². The Morgan fingerprint density at radius 1 is 0.630 bits per heavy atom. The standard InChI is InChI=1S/C51H40N2S/c1-34(37-17-8-4-9-18-37)52-51(39-20-10-5-11-21-39)53-35(2)43-23-14-24-46-48-33-41(28-30-49(48)54-50(43)46)40-27-29-45-42(31-36-15-6-3-7-16-36)26-25-38-19-12-13-22-44(38)47(45)32-40/h3-24,27-30,32-33,42H,2,25-26,31H2,1H3/b52-34+,53-51-. The number of benzene rings is 7. The summed E-state index contributed by atoms with van der Waals surface area (Å²) in [5.74, 6) is 1.12. The van der Waals surface area contributed by atoms with Crippen LogP contribution in [0.5, 0.6) is 0 Å². The van der Waals surface area contributed by atoms with Gasteiger partial charge in [0.25, 0.3) is 0 Å². The second-order valence-electron chi connectivity index (χ2n) is 14.2. The lowest BCUT2D eigenvalue weighted by molar-refractivity contribution is 0.629. The molecule has 0 saturated carbocycles. The van der Waals surface area contributed by atoms with E-state index in [1.807, 2.05) is 43.3 Å². The summed E-state index contributed by atoms with van der Waals surface area (Å²) in [7, 11) is 0. The molecule has 1 unspecified atom stereocenters. The van der Waals surface area contributed by atoms with Crippen molar-refractivity contribution in [2.24, 2.45) is 9.98 Å². The van der Waals surface area contributed by atoms with Crippen LogP contribution in [0.2, 0.25) is 0 Å². The van der Waals surface area contributed by atoms with Crippen LogP contribution in [0.15, 0.2) is 186 Å². The fraction of sp³-hybridized carbons (Fsp3) is 0.0980. The first kappa shape index (κ1) is 33.7. The highest BCUT2D eigenvalue weighted by Gasteiger charge is 2.23. The van der Waals surface area contributed by atoms with Gasteiger partial charge in [-0.2, -0.15) is 0 Å². The first-order valence-corrected chi connectivity index (χ1v) is 19.6. The fourth-order valence-corrected chi connectivity index (χ4v) is 9.18. The van der Waals surface area contributed by atoms with Crippen LogP contribution in [-0.4, -0.2) is 11.5 Å². The lowest BCUT2D eigenvalue weighted by Gasteiger charge is -2.19. The van der Waals surface area contributed by atoms with E-state index in [1.54, 1.807) is 11.3 Å². The first-order valence-electron chi connectivity index (χ1n) is 18.7. The number of fused-ring (bicyclic) bond motifs is 6. The third kappa shape index (κ3) is 6.64. The van der Waals surface area contributed by atoms with Gasteiger partial charge in [-0.1, -0.05) is 158 Å². The number of hydrogen-bond donors (Lipinski definition) is 0. The topological polar surface area (TPSA) is 24.7 Å². The van der Waals surface area contributed by atoms with Crippen LogP contribution in [0.25, 0.3) is 48.1 Å². The zero-order valence-corrected chi connectivity index (χ0v) is 31.2. The minimum atomic E-state index is 0.469. The summed E-state index contributed by atoms with van der Waals surface area (Å²) in [6.07, 6.45) is 3.29. The summed E-state index contributed by atoms with van der Waals surface area (Å²) in [6, 6.07) is 61.0. The molecule has 1 aromatic heterocycles. The molecular formula is C51H40N2S. The number of aliphatic imine (C=N–C) groups is 2. The molecule has 0 aliphatic heterocycles. The van der Waals surface area contributed by atoms with E-state index >= 15 is 0 Å². The largest absolute Gasteiger partial charge is 0.233 e. The predicted octanol–water partition coefficient (Wildman–Crippen LogP) is 13.6. The molecule has 0 saturated heterocycles. The Labute approximate surface area is 321 Å². The van der Waals surface area contributed by atoms with Crippen molar-refractivity contribution in [2.75, 3.05) is 0 Å². The molecule has 1 heterocycles. The Morgan fingerprint density at radius 2 is 1.31 bits per heavy atom. The molecule has 0 spiro atoms. The van der Waals surface area contributed by atoms with Gasteiger partial charge >= 0.3 is 0 Å². The quantitative estimate of drug-likeness (QED) is 0.116. The van der Waals surface area contributed by atoms with Crippen LogP contribution in [0, 0.1) is 0 Å². The van der Waals surface area contributed by atoms with E-state index in [1.165, 1.54) is 59.1 Å². The molecule has 1 aliphatic rings. The highest BCUT2D eigenvalue weighted by Crippen LogP contribution is 2.44. The maximum Gasteiger partial charge on any atom is 0.160 e. The highest BCUT2D eigenvalue weighted by molar-refractivity contribution is 7.26. The van der Waals surface area contributed by atoms with Crippen LogP contribution in [-0.2, 0) is 12.8 Å². The van der Waals surface area contributed by atoms with Crippen molar-refractivity contribution in [2.45, 2.75) is 32.1 Å². The van der Waals surface area contributed by atoms with Gasteiger partial charge in [0.2, 0.25) is 0 Å². The van der Waals surface area contributed by atoms with Crippen molar-refractivity contribution < 1.29 is 0 Å². The molecule has 7 aromatic carbocycles. The number of thiophene rings is 1. The van der Waals surface area contributed by atoms with Crippen molar-refractivity contribution >= 4 is 48.8 Å². The average molecular weight is 713 g/mol. The normalized spacial score (nSPS) is 14.4. The van der Waals surface area contributed by atoms with Crippen molar-refractivity contribution in [3.8, 4) is 22.3 Å². The van der Waals surface area contributed by atoms with Crippen LogP contribution >= 0.6 is 11.3 Å². The van der Waals surface area contributed by atoms with E-state index in [-0.39, 0.29) is 0 Å². The van der Waals surface area contributed by atoms with Crippen LogP contribution in [0.1, 0.15) is 52.6 Å². The van der Waals surface area contributed by atoms with Gasteiger partial charge in [0.1, 0.15) is 0 Å². The molecule has 3 heteroatoms. The summed E-state index contributed by atoms with van der Waals surface area (Å²) >= 11 is 1.81. The summed E-state index contributed by atoms with van der Waals surface area (Å²) < 4.78 is 2.44. The summed E-state index contributed by atoms with van der Waals surface area (Å²) in [5.41, 5.74) is 14.2. The van der Waals surface area contributed by atoms with Crippen LogP contribution in [0.3, 0.4) is 0 Å². The number of amidine groups is 1. The van der Waals surface area contributed by atoms with Gasteiger partial charge in [0, 0.05) is 37.0 Å². The van der Waals surface area contributed by atoms with Crippen molar-refractivity contribution in [3.05, 3.63) is 210 Å². The minimum absolute atomic E-state index is 0.469. The summed E-state index contributed by atoms with van der Waals surface area (Å²) in [5, 5.41) is 2.48. The number of hydrogen-bond acceptors (Lipinski definition) is 2. The van der Waals surface area contributed by atoms with Gasteiger partial charge in [-0.25, -0.2) is 9.98 Å². The first-order chi connectivity index (χ1) is 26.6. The zero-order chi connectivity index (χ0) is 36.4. The molecule has 2 nitrogen and oxygen atoms in total. The Kier molecular flexibility index (Phi) is 9.16. The Hall–Kier alpha value is -6.16. The van der Waals surface area contributed by atoms with Crippen LogP contribution < -0.4 is 0 Å². The summed E-state index contributed by atoms with van der Waals surface area (Å²) in [6.45, 7) is 6.54. The monoisotopic (exact) mass is 712 g/mol. The number of rotatable bonds is 7. The molecule has 9 rings (SSSR count). The van der Waals surface area contributed by atoms with E-state index in [9.17, 15) is 0 Å². The van der Waals surface area contributed by atoms with Gasteiger partial charge in [0.15, 0.2) is 5.84 Å². The molecule has 0 amide bonds. The SMILES string of the molecule is C=C(/N=C(\N=C(/C)c1ccccc1)c1ccccc1)c1cccc2c1sc1ccc(-c3ccc4c(c3)-c3ccccc3CCC4Cc3ccccc3)cc12. The van der Waals surface area contributed by atoms with Crippen molar-refractivity contribution in [1.82, 2.24) is 0 Å². The molecule has 0 N–H and O–H groups in total. The molecule has 0 radical (unpaired) electrons. The molecule has 1 aliphatic carbocycles. The van der Waals surface area contributed by atoms with E-state index in [0.717, 1.165) is 41.7 Å². The number of nitrogens with zero attached hydrogens (tertiary/aromatic N) is 2. The maximum absolute atomic E-state index is 5.11. The second-order valence-corrected chi connectivity index (χ2v) is 15.2. The highest BCUT2D eigenvalue weighted by atomic mass is 32.1. The van der Waals surface area contributed by atoms with Crippen molar-refractivity contribution in [3.63, 3.8) is 0 Å². The van der Waals surface area contributed by atoms with Gasteiger partial charge < -0.3 is 0 Å². The number of aryl methyl sites for hydroxylation is 1. The Balaban J connectivity index is 1.10. The lowest BCUT2D eigenvalue weighted by atomic mass is 9.85. The van der Waals surface area contributed by atoms with Gasteiger partial charge in [-0.05, 0) is 94.8 Å². The maximum atomic E-state index is 5.11. The Morgan fingerprint density at radius 3 is 2.11 bits per heavy atom. The fourth-order valence-electron chi connectivity index (χ4n) is 7.96. The van der Waals surface area contributed by atoms with E-state index in [2.05, 4.69) is 140 Å². The minimum Gasteiger partial charge on any atom is -0.233 e.